The van der Waals surface area contributed by atoms with Crippen molar-refractivity contribution in [3.8, 4) is 16.9 Å². The third-order valence-electron chi connectivity index (χ3n) is 3.52. The number of hydroxylamine groups is 1. The van der Waals surface area contributed by atoms with Crippen LogP contribution < -0.4 is 5.48 Å². The van der Waals surface area contributed by atoms with E-state index in [0.29, 0.717) is 6.42 Å². The van der Waals surface area contributed by atoms with Crippen LogP contribution in [0.25, 0.3) is 16.9 Å². The normalized spacial score (nSPS) is 10.5. The molecule has 6 heteroatoms. The first-order valence-corrected chi connectivity index (χ1v) is 7.28. The van der Waals surface area contributed by atoms with E-state index in [1.165, 1.54) is 0 Å². The van der Waals surface area contributed by atoms with Gasteiger partial charge in [0.2, 0.25) is 5.91 Å². The van der Waals surface area contributed by atoms with E-state index >= 15 is 0 Å². The molecule has 2 N–H and O–H groups in total. The summed E-state index contributed by atoms with van der Waals surface area (Å²) in [5.74, 6) is -0.440. The molecule has 0 unspecified atom stereocenters. The number of benzene rings is 2. The summed E-state index contributed by atoms with van der Waals surface area (Å²) in [5, 5.41) is 17.2. The lowest BCUT2D eigenvalue weighted by Crippen LogP contribution is -2.19. The molecular formula is C17H16N4O2. The molecule has 1 heterocycles. The van der Waals surface area contributed by atoms with Gasteiger partial charge in [-0.1, -0.05) is 53.7 Å². The second kappa shape index (κ2) is 6.85. The molecule has 0 bridgehead atoms. The van der Waals surface area contributed by atoms with E-state index in [1.54, 1.807) is 10.2 Å². The maximum atomic E-state index is 11.4. The second-order valence-corrected chi connectivity index (χ2v) is 5.03. The third kappa shape index (κ3) is 3.27. The Balaban J connectivity index is 2.03. The number of aromatic nitrogens is 3. The first-order valence-electron chi connectivity index (χ1n) is 7.28. The van der Waals surface area contributed by atoms with Gasteiger partial charge in [-0.3, -0.25) is 10.0 Å². The molecule has 0 radical (unpaired) electrons. The highest BCUT2D eigenvalue weighted by molar-refractivity contribution is 5.75. The molecule has 3 aromatic rings. The fourth-order valence-corrected chi connectivity index (χ4v) is 2.41. The smallest absolute Gasteiger partial charge is 0.243 e. The van der Waals surface area contributed by atoms with Gasteiger partial charge in [0.15, 0.2) is 0 Å². The average molecular weight is 308 g/mol. The van der Waals surface area contributed by atoms with Crippen LogP contribution in [0.4, 0.5) is 0 Å². The number of nitrogens with zero attached hydrogens (tertiary/aromatic N) is 3. The lowest BCUT2D eigenvalue weighted by molar-refractivity contribution is -0.129. The van der Waals surface area contributed by atoms with Gasteiger partial charge in [0.05, 0.1) is 11.4 Å². The van der Waals surface area contributed by atoms with Crippen LogP contribution >= 0.6 is 0 Å². The zero-order valence-electron chi connectivity index (χ0n) is 12.4. The minimum absolute atomic E-state index is 0.149. The zero-order valence-corrected chi connectivity index (χ0v) is 12.4. The molecule has 6 nitrogen and oxygen atoms in total. The van der Waals surface area contributed by atoms with Crippen molar-refractivity contribution in [3.05, 3.63) is 66.4 Å². The van der Waals surface area contributed by atoms with Gasteiger partial charge in [-0.15, -0.1) is 5.10 Å². The van der Waals surface area contributed by atoms with Crippen molar-refractivity contribution in [1.29, 1.82) is 0 Å². The molecule has 0 spiro atoms. The molecule has 23 heavy (non-hydrogen) atoms. The number of rotatable bonds is 5. The van der Waals surface area contributed by atoms with E-state index in [1.807, 2.05) is 60.7 Å². The molecule has 116 valence electrons. The van der Waals surface area contributed by atoms with Crippen LogP contribution in [0.1, 0.15) is 12.1 Å². The first kappa shape index (κ1) is 14.9. The summed E-state index contributed by atoms with van der Waals surface area (Å²) in [6.07, 6.45) is 0.565. The van der Waals surface area contributed by atoms with Crippen LogP contribution in [-0.2, 0) is 11.2 Å². The number of carbonyl (C=O) groups excluding carboxylic acids is 1. The van der Waals surface area contributed by atoms with Crippen LogP contribution in [0.3, 0.4) is 0 Å². The van der Waals surface area contributed by atoms with E-state index in [9.17, 15) is 4.79 Å². The standard InChI is InChI=1S/C17H16N4O2/c22-16(19-23)12-11-15-17(13-7-3-1-4-8-13)18-20-21(15)14-9-5-2-6-10-14/h1-10,23H,11-12H2,(H,19,22). The Morgan fingerprint density at radius 1 is 1.04 bits per heavy atom. The van der Waals surface area contributed by atoms with Crippen molar-refractivity contribution < 1.29 is 10.0 Å². The van der Waals surface area contributed by atoms with Crippen molar-refractivity contribution >= 4 is 5.91 Å². The molecule has 0 saturated heterocycles. The highest BCUT2D eigenvalue weighted by Crippen LogP contribution is 2.24. The molecule has 2 aromatic carbocycles. The quantitative estimate of drug-likeness (QED) is 0.560. The van der Waals surface area contributed by atoms with Crippen LogP contribution in [0, 0.1) is 0 Å². The van der Waals surface area contributed by atoms with Crippen LogP contribution in [-0.4, -0.2) is 26.1 Å². The Hall–Kier alpha value is -2.99. The minimum Gasteiger partial charge on any atom is -0.289 e. The first-order chi connectivity index (χ1) is 11.3. The molecule has 0 aliphatic carbocycles. The summed E-state index contributed by atoms with van der Waals surface area (Å²) in [5.41, 5.74) is 5.03. The summed E-state index contributed by atoms with van der Waals surface area (Å²) in [4.78, 5) is 11.4. The van der Waals surface area contributed by atoms with Crippen molar-refractivity contribution in [3.63, 3.8) is 0 Å². The number of amides is 1. The van der Waals surface area contributed by atoms with E-state index in [0.717, 1.165) is 22.6 Å². The number of hydrogen-bond donors (Lipinski definition) is 2. The fraction of sp³-hybridized carbons (Fsp3) is 0.118. The maximum absolute atomic E-state index is 11.4. The largest absolute Gasteiger partial charge is 0.289 e. The Morgan fingerprint density at radius 3 is 2.35 bits per heavy atom. The van der Waals surface area contributed by atoms with E-state index in [4.69, 9.17) is 5.21 Å². The topological polar surface area (TPSA) is 80.0 Å². The number of para-hydroxylation sites is 1. The molecule has 0 atom stereocenters. The number of carbonyl (C=O) groups is 1. The summed E-state index contributed by atoms with van der Waals surface area (Å²) >= 11 is 0. The number of hydrogen-bond acceptors (Lipinski definition) is 4. The van der Waals surface area contributed by atoms with Crippen LogP contribution in [0.5, 0.6) is 0 Å². The van der Waals surface area contributed by atoms with Crippen LogP contribution in [0.2, 0.25) is 0 Å². The SMILES string of the molecule is O=C(CCc1c(-c2ccccc2)nnn1-c1ccccc1)NO. The van der Waals surface area contributed by atoms with Gasteiger partial charge in [-0.2, -0.15) is 0 Å². The summed E-state index contributed by atoms with van der Waals surface area (Å²) < 4.78 is 1.73. The Morgan fingerprint density at radius 2 is 1.70 bits per heavy atom. The summed E-state index contributed by atoms with van der Waals surface area (Å²) in [7, 11) is 0. The molecule has 0 aliphatic heterocycles. The molecule has 0 aliphatic rings. The van der Waals surface area contributed by atoms with Gasteiger partial charge in [0.25, 0.3) is 0 Å². The van der Waals surface area contributed by atoms with Gasteiger partial charge in [0.1, 0.15) is 5.69 Å². The van der Waals surface area contributed by atoms with Crippen LogP contribution in [0.15, 0.2) is 60.7 Å². The van der Waals surface area contributed by atoms with Gasteiger partial charge < -0.3 is 0 Å². The Bertz CT molecular complexity index is 728. The van der Waals surface area contributed by atoms with Crippen molar-refractivity contribution in [1.82, 2.24) is 20.5 Å². The van der Waals surface area contributed by atoms with Gasteiger partial charge in [-0.25, -0.2) is 10.2 Å². The summed E-state index contributed by atoms with van der Waals surface area (Å²) in [6, 6.07) is 19.3. The van der Waals surface area contributed by atoms with Crippen molar-refractivity contribution in [2.75, 3.05) is 0 Å². The third-order valence-corrected chi connectivity index (χ3v) is 3.52. The van der Waals surface area contributed by atoms with E-state index in [2.05, 4.69) is 10.3 Å². The Kier molecular flexibility index (Phi) is 4.44. The fourth-order valence-electron chi connectivity index (χ4n) is 2.41. The molecule has 3 rings (SSSR count). The van der Waals surface area contributed by atoms with Crippen molar-refractivity contribution in [2.45, 2.75) is 12.8 Å². The van der Waals surface area contributed by atoms with Gasteiger partial charge in [-0.05, 0) is 12.1 Å². The maximum Gasteiger partial charge on any atom is 0.243 e. The molecule has 1 amide bonds. The minimum atomic E-state index is -0.440. The molecule has 0 fully saturated rings. The summed E-state index contributed by atoms with van der Waals surface area (Å²) in [6.45, 7) is 0. The number of nitrogens with one attached hydrogen (secondary N) is 1. The predicted molar refractivity (Wildman–Crippen MR) is 85.0 cm³/mol. The average Bonchev–Trinajstić information content (AvgIpc) is 3.05. The predicted octanol–water partition coefficient (Wildman–Crippen LogP) is 2.37. The van der Waals surface area contributed by atoms with Gasteiger partial charge >= 0.3 is 0 Å². The lowest BCUT2D eigenvalue weighted by atomic mass is 10.1. The zero-order chi connectivity index (χ0) is 16.1. The van der Waals surface area contributed by atoms with Gasteiger partial charge in [0, 0.05) is 18.4 Å². The highest BCUT2D eigenvalue weighted by Gasteiger charge is 2.16. The Labute approximate surface area is 133 Å². The highest BCUT2D eigenvalue weighted by atomic mass is 16.5. The van der Waals surface area contributed by atoms with E-state index < -0.39 is 5.91 Å². The van der Waals surface area contributed by atoms with Crippen molar-refractivity contribution in [2.24, 2.45) is 0 Å². The van der Waals surface area contributed by atoms with E-state index in [-0.39, 0.29) is 6.42 Å². The monoisotopic (exact) mass is 308 g/mol. The molecule has 1 aromatic heterocycles. The second-order valence-electron chi connectivity index (χ2n) is 5.03. The lowest BCUT2D eigenvalue weighted by Gasteiger charge is -2.08. The molecule has 0 saturated carbocycles. The molecular weight excluding hydrogens is 292 g/mol.